The lowest BCUT2D eigenvalue weighted by atomic mass is 9.99. The van der Waals surface area contributed by atoms with Crippen LogP contribution in [0.1, 0.15) is 12.8 Å². The van der Waals surface area contributed by atoms with Crippen molar-refractivity contribution in [3.05, 3.63) is 71.6 Å². The van der Waals surface area contributed by atoms with E-state index >= 15 is 0 Å². The first-order chi connectivity index (χ1) is 15.3. The van der Waals surface area contributed by atoms with Crippen LogP contribution in [0.3, 0.4) is 0 Å². The van der Waals surface area contributed by atoms with Crippen molar-refractivity contribution in [2.75, 3.05) is 13.1 Å². The topological polar surface area (TPSA) is 71.7 Å². The number of halogens is 2. The number of carbonyl (C=O) groups excluding carboxylic acids is 1. The zero-order valence-corrected chi connectivity index (χ0v) is 18.7. The summed E-state index contributed by atoms with van der Waals surface area (Å²) in [6.45, 7) is 4.19. The van der Waals surface area contributed by atoms with Crippen molar-refractivity contribution in [2.24, 2.45) is 10.9 Å². The second-order valence-corrected chi connectivity index (χ2v) is 10.4. The van der Waals surface area contributed by atoms with Gasteiger partial charge in [0.1, 0.15) is 5.82 Å². The molecule has 0 spiro atoms. The van der Waals surface area contributed by atoms with Gasteiger partial charge in [-0.05, 0) is 31.0 Å². The van der Waals surface area contributed by atoms with Crippen molar-refractivity contribution < 1.29 is 22.0 Å². The van der Waals surface area contributed by atoms with Crippen LogP contribution in [0.25, 0.3) is 10.2 Å². The minimum atomic E-state index is -3.72. The van der Waals surface area contributed by atoms with E-state index < -0.39 is 33.5 Å². The van der Waals surface area contributed by atoms with Crippen molar-refractivity contribution in [1.29, 1.82) is 0 Å². The number of fused-ring (bicyclic) bond motifs is 1. The molecule has 4 rings (SSSR count). The van der Waals surface area contributed by atoms with Gasteiger partial charge in [-0.1, -0.05) is 35.6 Å². The second-order valence-electron chi connectivity index (χ2n) is 7.48. The van der Waals surface area contributed by atoms with E-state index in [1.54, 1.807) is 18.2 Å². The van der Waals surface area contributed by atoms with Gasteiger partial charge < -0.3 is 4.57 Å². The lowest BCUT2D eigenvalue weighted by Gasteiger charge is -2.30. The summed E-state index contributed by atoms with van der Waals surface area (Å²) in [6, 6.07) is 10.1. The predicted molar refractivity (Wildman–Crippen MR) is 118 cm³/mol. The summed E-state index contributed by atoms with van der Waals surface area (Å²) in [5, 5.41) is 0. The lowest BCUT2D eigenvalue weighted by Crippen LogP contribution is -2.42. The Balaban J connectivity index is 1.66. The fourth-order valence-corrected chi connectivity index (χ4v) is 6.43. The molecule has 0 saturated carbocycles. The summed E-state index contributed by atoms with van der Waals surface area (Å²) in [5.74, 6) is -2.56. The molecule has 32 heavy (non-hydrogen) atoms. The van der Waals surface area contributed by atoms with Gasteiger partial charge in [0.15, 0.2) is 10.6 Å². The SMILES string of the molecule is C=CCn1c(=NC(=O)C2CCCN(S(=O)(=O)c3ccccc3)C2)sc2cc(F)cc(F)c21. The molecule has 1 aromatic heterocycles. The molecular weight excluding hydrogens is 456 g/mol. The Kier molecular flexibility index (Phi) is 6.36. The van der Waals surface area contributed by atoms with Crippen LogP contribution >= 0.6 is 11.3 Å². The summed E-state index contributed by atoms with van der Waals surface area (Å²) in [5.41, 5.74) is 0.153. The Bertz CT molecular complexity index is 1350. The minimum Gasteiger partial charge on any atom is -0.310 e. The standard InChI is InChI=1S/C22H21F2N3O3S2/c1-2-10-27-20-18(24)12-16(23)13-19(20)31-22(27)25-21(28)15-7-6-11-26(14-15)32(29,30)17-8-4-3-5-9-17/h2-5,8-9,12-13,15H,1,6-7,10-11,14H2. The van der Waals surface area contributed by atoms with Gasteiger partial charge in [0, 0.05) is 25.7 Å². The Labute approximate surface area is 188 Å². The molecule has 2 aromatic carbocycles. The van der Waals surface area contributed by atoms with Crippen molar-refractivity contribution in [1.82, 2.24) is 8.87 Å². The molecule has 168 valence electrons. The molecule has 0 N–H and O–H groups in total. The van der Waals surface area contributed by atoms with Crippen LogP contribution in [0.4, 0.5) is 8.78 Å². The predicted octanol–water partition coefficient (Wildman–Crippen LogP) is 3.70. The highest BCUT2D eigenvalue weighted by atomic mass is 32.2. The number of thiazole rings is 1. The van der Waals surface area contributed by atoms with Gasteiger partial charge in [-0.25, -0.2) is 17.2 Å². The van der Waals surface area contributed by atoms with Crippen molar-refractivity contribution in [3.8, 4) is 0 Å². The molecule has 10 heteroatoms. The van der Waals surface area contributed by atoms with Gasteiger partial charge in [0.05, 0.1) is 21.0 Å². The van der Waals surface area contributed by atoms with E-state index in [0.29, 0.717) is 24.1 Å². The lowest BCUT2D eigenvalue weighted by molar-refractivity contribution is -0.122. The molecule has 3 aromatic rings. The molecule has 1 atom stereocenters. The smallest absolute Gasteiger partial charge is 0.252 e. The molecule has 1 fully saturated rings. The summed E-state index contributed by atoms with van der Waals surface area (Å²) in [7, 11) is -3.72. The fourth-order valence-electron chi connectivity index (χ4n) is 3.80. The van der Waals surface area contributed by atoms with E-state index in [1.807, 2.05) is 0 Å². The number of hydrogen-bond acceptors (Lipinski definition) is 4. The molecule has 1 saturated heterocycles. The Morgan fingerprint density at radius 3 is 2.72 bits per heavy atom. The van der Waals surface area contributed by atoms with Crippen LogP contribution < -0.4 is 4.80 Å². The number of aromatic nitrogens is 1. The normalized spacial score (nSPS) is 18.2. The van der Waals surface area contributed by atoms with Crippen LogP contribution in [-0.4, -0.2) is 36.3 Å². The first-order valence-electron chi connectivity index (χ1n) is 10.0. The van der Waals surface area contributed by atoms with Crippen LogP contribution in [0, 0.1) is 17.6 Å². The number of hydrogen-bond donors (Lipinski definition) is 0. The van der Waals surface area contributed by atoms with Crippen molar-refractivity contribution in [2.45, 2.75) is 24.3 Å². The van der Waals surface area contributed by atoms with Gasteiger partial charge >= 0.3 is 0 Å². The van der Waals surface area contributed by atoms with E-state index in [0.717, 1.165) is 17.4 Å². The first kappa shape index (κ1) is 22.5. The summed E-state index contributed by atoms with van der Waals surface area (Å²) < 4.78 is 57.0. The van der Waals surface area contributed by atoms with Crippen molar-refractivity contribution in [3.63, 3.8) is 0 Å². The maximum Gasteiger partial charge on any atom is 0.252 e. The molecule has 0 bridgehead atoms. The number of rotatable bonds is 5. The van der Waals surface area contributed by atoms with E-state index in [4.69, 9.17) is 0 Å². The Hall–Kier alpha value is -2.69. The maximum absolute atomic E-state index is 14.4. The summed E-state index contributed by atoms with van der Waals surface area (Å²) >= 11 is 1.00. The average Bonchev–Trinajstić information content (AvgIpc) is 3.11. The third kappa shape index (κ3) is 4.30. The summed E-state index contributed by atoms with van der Waals surface area (Å²) in [6.07, 6.45) is 2.56. The number of carbonyl (C=O) groups is 1. The molecule has 1 aliphatic rings. The van der Waals surface area contributed by atoms with E-state index in [-0.39, 0.29) is 28.3 Å². The molecule has 1 amide bonds. The number of benzene rings is 2. The monoisotopic (exact) mass is 477 g/mol. The number of piperidine rings is 1. The fraction of sp³-hybridized carbons (Fsp3) is 0.273. The number of sulfonamides is 1. The quantitative estimate of drug-likeness (QED) is 0.526. The van der Waals surface area contributed by atoms with Crippen molar-refractivity contribution >= 4 is 37.5 Å². The van der Waals surface area contributed by atoms with Crippen LogP contribution in [0.15, 0.2) is 65.0 Å². The maximum atomic E-state index is 14.4. The van der Waals surface area contributed by atoms with Gasteiger partial charge in [-0.15, -0.1) is 6.58 Å². The van der Waals surface area contributed by atoms with Gasteiger partial charge in [0.2, 0.25) is 10.0 Å². The molecule has 2 heterocycles. The highest BCUT2D eigenvalue weighted by molar-refractivity contribution is 7.89. The van der Waals surface area contributed by atoms with Gasteiger partial charge in [0.25, 0.3) is 5.91 Å². The molecule has 0 aliphatic carbocycles. The third-order valence-electron chi connectivity index (χ3n) is 5.33. The van der Waals surface area contributed by atoms with E-state index in [1.165, 1.54) is 33.1 Å². The average molecular weight is 478 g/mol. The minimum absolute atomic E-state index is 0.0227. The Morgan fingerprint density at radius 1 is 1.25 bits per heavy atom. The molecule has 6 nitrogen and oxygen atoms in total. The van der Waals surface area contributed by atoms with E-state index in [9.17, 15) is 22.0 Å². The molecule has 0 radical (unpaired) electrons. The third-order valence-corrected chi connectivity index (χ3v) is 8.23. The largest absolute Gasteiger partial charge is 0.310 e. The van der Waals surface area contributed by atoms with Gasteiger partial charge in [-0.3, -0.25) is 4.79 Å². The number of nitrogens with zero attached hydrogens (tertiary/aromatic N) is 3. The molecule has 1 unspecified atom stereocenters. The summed E-state index contributed by atoms with van der Waals surface area (Å²) in [4.78, 5) is 17.6. The highest BCUT2D eigenvalue weighted by Gasteiger charge is 2.33. The van der Waals surface area contributed by atoms with Gasteiger partial charge in [-0.2, -0.15) is 9.30 Å². The highest BCUT2D eigenvalue weighted by Crippen LogP contribution is 2.25. The Morgan fingerprint density at radius 2 is 2.00 bits per heavy atom. The van der Waals surface area contributed by atoms with Crippen LogP contribution in [0.5, 0.6) is 0 Å². The molecular formula is C22H21F2N3O3S2. The zero-order chi connectivity index (χ0) is 22.9. The molecule has 1 aliphatic heterocycles. The second kappa shape index (κ2) is 9.05. The van der Waals surface area contributed by atoms with Crippen LogP contribution in [-0.2, 0) is 21.4 Å². The number of amides is 1. The van der Waals surface area contributed by atoms with E-state index in [2.05, 4.69) is 11.6 Å². The number of allylic oxidation sites excluding steroid dienone is 1. The zero-order valence-electron chi connectivity index (χ0n) is 17.1. The van der Waals surface area contributed by atoms with Crippen LogP contribution in [0.2, 0.25) is 0 Å². The first-order valence-corrected chi connectivity index (χ1v) is 12.3.